The van der Waals surface area contributed by atoms with E-state index in [1.54, 1.807) is 48.7 Å². The minimum Gasteiger partial charge on any atom is -0.477 e. The second kappa shape index (κ2) is 10.6. The second-order valence-corrected chi connectivity index (χ2v) is 12.7. The third kappa shape index (κ3) is 4.78. The number of carboxylic acid groups (broad SMARTS) is 1. The van der Waals surface area contributed by atoms with Crippen molar-refractivity contribution in [2.75, 3.05) is 0 Å². The SMILES string of the molecule is [C-]#[N+]c1sccc1-c1c(-c2cccc(-c3cnc(C(=O)O)cc3C)c2)n(S(=O)(=O)c2ccc(C)cc2)c2ccc(F)cc12. The number of hydrogen-bond acceptors (Lipinski definition) is 5. The van der Waals surface area contributed by atoms with Gasteiger partial charge >= 0.3 is 5.97 Å². The molecule has 3 heterocycles. The van der Waals surface area contributed by atoms with Crippen LogP contribution in [0.1, 0.15) is 21.6 Å². The van der Waals surface area contributed by atoms with Crippen molar-refractivity contribution in [3.8, 4) is 33.5 Å². The average molecular weight is 608 g/mol. The summed E-state index contributed by atoms with van der Waals surface area (Å²) in [5, 5.41) is 11.8. The summed E-state index contributed by atoms with van der Waals surface area (Å²) in [5.74, 6) is -1.68. The van der Waals surface area contributed by atoms with Gasteiger partial charge in [0.15, 0.2) is 0 Å². The molecular weight excluding hydrogens is 586 g/mol. The first-order chi connectivity index (χ1) is 20.6. The third-order valence-electron chi connectivity index (χ3n) is 7.24. The quantitative estimate of drug-likeness (QED) is 0.192. The smallest absolute Gasteiger partial charge is 0.354 e. The standard InChI is InChI=1S/C33H22FN3O4S2/c1-19-7-10-24(11-8-19)43(40,41)37-29-12-9-23(34)17-26(29)30(25-13-14-42-32(25)35-3)31(37)22-6-4-5-21(16-22)27-18-36-28(33(38)39)15-20(27)2/h4-18H,1-2H3,(H,38,39). The number of carboxylic acids is 1. The number of aromatic nitrogens is 2. The van der Waals surface area contributed by atoms with Gasteiger partial charge in [0, 0.05) is 33.8 Å². The normalized spacial score (nSPS) is 11.5. The van der Waals surface area contributed by atoms with Gasteiger partial charge in [0.1, 0.15) is 11.5 Å². The minimum absolute atomic E-state index is 0.0586. The summed E-state index contributed by atoms with van der Waals surface area (Å²) in [6, 6.07) is 20.8. The Hall–Kier alpha value is -5.11. The summed E-state index contributed by atoms with van der Waals surface area (Å²) in [6.45, 7) is 11.4. The molecule has 6 rings (SSSR count). The Morgan fingerprint density at radius 1 is 0.977 bits per heavy atom. The number of pyridine rings is 1. The van der Waals surface area contributed by atoms with Crippen LogP contribution in [0, 0.1) is 26.2 Å². The molecule has 43 heavy (non-hydrogen) atoms. The summed E-state index contributed by atoms with van der Waals surface area (Å²) in [6.07, 6.45) is 1.47. The number of carbonyl (C=O) groups is 1. The molecule has 0 fully saturated rings. The van der Waals surface area contributed by atoms with Gasteiger partial charge in [-0.2, -0.15) is 11.3 Å². The lowest BCUT2D eigenvalue weighted by Gasteiger charge is -2.15. The van der Waals surface area contributed by atoms with Crippen LogP contribution in [-0.2, 0) is 10.0 Å². The second-order valence-electron chi connectivity index (χ2n) is 9.99. The van der Waals surface area contributed by atoms with Crippen LogP contribution in [0.5, 0.6) is 0 Å². The zero-order valence-corrected chi connectivity index (χ0v) is 24.5. The summed E-state index contributed by atoms with van der Waals surface area (Å²) in [5.41, 5.74) is 4.79. The van der Waals surface area contributed by atoms with Crippen molar-refractivity contribution >= 4 is 43.2 Å². The number of nitrogens with zero attached hydrogens (tertiary/aromatic N) is 3. The van der Waals surface area contributed by atoms with Crippen LogP contribution >= 0.6 is 11.3 Å². The van der Waals surface area contributed by atoms with Crippen LogP contribution < -0.4 is 0 Å². The molecule has 0 amide bonds. The van der Waals surface area contributed by atoms with E-state index in [0.29, 0.717) is 43.8 Å². The molecule has 0 saturated heterocycles. The monoisotopic (exact) mass is 607 g/mol. The van der Waals surface area contributed by atoms with Crippen LogP contribution in [0.3, 0.4) is 0 Å². The van der Waals surface area contributed by atoms with Crippen molar-refractivity contribution in [2.24, 2.45) is 0 Å². The lowest BCUT2D eigenvalue weighted by atomic mass is 9.96. The largest absolute Gasteiger partial charge is 0.477 e. The number of aromatic carboxylic acids is 1. The number of benzene rings is 3. The van der Waals surface area contributed by atoms with Crippen LogP contribution in [0.2, 0.25) is 0 Å². The molecule has 6 aromatic rings. The third-order valence-corrected chi connectivity index (χ3v) is 9.77. The van der Waals surface area contributed by atoms with E-state index in [9.17, 15) is 22.7 Å². The number of thiophene rings is 1. The molecule has 0 unspecified atom stereocenters. The molecule has 0 spiro atoms. The summed E-state index contributed by atoms with van der Waals surface area (Å²) >= 11 is 1.22. The maximum Gasteiger partial charge on any atom is 0.354 e. The zero-order valence-electron chi connectivity index (χ0n) is 22.9. The average Bonchev–Trinajstić information content (AvgIpc) is 3.59. The van der Waals surface area contributed by atoms with Crippen molar-refractivity contribution < 1.29 is 22.7 Å². The number of fused-ring (bicyclic) bond motifs is 1. The van der Waals surface area contributed by atoms with Gasteiger partial charge in [0.2, 0.25) is 5.00 Å². The number of rotatable bonds is 6. The Balaban J connectivity index is 1.72. The van der Waals surface area contributed by atoms with E-state index in [4.69, 9.17) is 6.57 Å². The Morgan fingerprint density at radius 3 is 2.42 bits per heavy atom. The highest BCUT2D eigenvalue weighted by atomic mass is 32.2. The maximum atomic E-state index is 14.8. The molecule has 3 aromatic heterocycles. The minimum atomic E-state index is -4.22. The van der Waals surface area contributed by atoms with Crippen molar-refractivity contribution in [3.05, 3.63) is 124 Å². The zero-order chi connectivity index (χ0) is 30.5. The predicted octanol–water partition coefficient (Wildman–Crippen LogP) is 8.34. The van der Waals surface area contributed by atoms with Crippen molar-refractivity contribution in [1.29, 1.82) is 0 Å². The van der Waals surface area contributed by atoms with Gasteiger partial charge in [0.25, 0.3) is 10.0 Å². The highest BCUT2D eigenvalue weighted by Crippen LogP contribution is 2.48. The Morgan fingerprint density at radius 2 is 1.72 bits per heavy atom. The predicted molar refractivity (Wildman–Crippen MR) is 166 cm³/mol. The maximum absolute atomic E-state index is 14.8. The fraction of sp³-hybridized carbons (Fsp3) is 0.0606. The van der Waals surface area contributed by atoms with Crippen LogP contribution in [0.4, 0.5) is 9.39 Å². The summed E-state index contributed by atoms with van der Waals surface area (Å²) < 4.78 is 44.9. The first-order valence-electron chi connectivity index (χ1n) is 13.0. The Labute approximate surface area is 251 Å². The van der Waals surface area contributed by atoms with Crippen molar-refractivity contribution in [1.82, 2.24) is 8.96 Å². The van der Waals surface area contributed by atoms with Crippen LogP contribution in [-0.4, -0.2) is 28.5 Å². The van der Waals surface area contributed by atoms with Gasteiger partial charge in [-0.1, -0.05) is 42.0 Å². The topological polar surface area (TPSA) is 93.6 Å². The molecule has 212 valence electrons. The van der Waals surface area contributed by atoms with Gasteiger partial charge in [-0.25, -0.2) is 31.4 Å². The lowest BCUT2D eigenvalue weighted by molar-refractivity contribution is 0.0690. The fourth-order valence-electron chi connectivity index (χ4n) is 5.22. The molecule has 7 nitrogen and oxygen atoms in total. The Kier molecular flexibility index (Phi) is 6.92. The molecule has 0 aliphatic rings. The highest BCUT2D eigenvalue weighted by Gasteiger charge is 2.30. The van der Waals surface area contributed by atoms with E-state index >= 15 is 0 Å². The van der Waals surface area contributed by atoms with Gasteiger partial charge in [-0.05, 0) is 72.8 Å². The molecule has 10 heteroatoms. The molecule has 0 radical (unpaired) electrons. The molecule has 0 aliphatic heterocycles. The van der Waals surface area contributed by atoms with Crippen molar-refractivity contribution in [3.63, 3.8) is 0 Å². The van der Waals surface area contributed by atoms with Crippen LogP contribution in [0.15, 0.2) is 95.3 Å². The van der Waals surface area contributed by atoms with E-state index in [2.05, 4.69) is 9.83 Å². The van der Waals surface area contributed by atoms with E-state index in [0.717, 1.165) is 5.56 Å². The number of hydrogen-bond donors (Lipinski definition) is 1. The number of aryl methyl sites for hydroxylation is 2. The Bertz CT molecular complexity index is 2230. The first-order valence-corrected chi connectivity index (χ1v) is 15.3. The van der Waals surface area contributed by atoms with E-state index in [1.165, 1.54) is 57.9 Å². The summed E-state index contributed by atoms with van der Waals surface area (Å²) in [7, 11) is -4.22. The van der Waals surface area contributed by atoms with Gasteiger partial charge in [-0.3, -0.25) is 0 Å². The van der Waals surface area contributed by atoms with E-state index in [1.807, 2.05) is 13.0 Å². The molecule has 0 saturated carbocycles. The lowest BCUT2D eigenvalue weighted by Crippen LogP contribution is -2.14. The van der Waals surface area contributed by atoms with Gasteiger partial charge in [0.05, 0.1) is 22.7 Å². The van der Waals surface area contributed by atoms with Gasteiger partial charge in [-0.15, -0.1) is 0 Å². The molecular formula is C33H22FN3O4S2. The molecule has 0 atom stereocenters. The molecule has 1 N–H and O–H groups in total. The number of halogens is 1. The van der Waals surface area contributed by atoms with Crippen molar-refractivity contribution in [2.45, 2.75) is 18.7 Å². The molecule has 3 aromatic carbocycles. The van der Waals surface area contributed by atoms with E-state index in [-0.39, 0.29) is 21.8 Å². The molecule has 0 bridgehead atoms. The highest BCUT2D eigenvalue weighted by molar-refractivity contribution is 7.90. The first kappa shape index (κ1) is 28.0. The van der Waals surface area contributed by atoms with Crippen LogP contribution in [0.25, 0.3) is 49.3 Å². The van der Waals surface area contributed by atoms with Gasteiger partial charge < -0.3 is 5.11 Å². The fourth-order valence-corrected chi connectivity index (χ4v) is 7.45. The summed E-state index contributed by atoms with van der Waals surface area (Å²) in [4.78, 5) is 19.2. The molecule has 0 aliphatic carbocycles. The van der Waals surface area contributed by atoms with E-state index < -0.39 is 21.8 Å².